The van der Waals surface area contributed by atoms with Gasteiger partial charge in [0.05, 0.1) is 22.5 Å². The highest BCUT2D eigenvalue weighted by molar-refractivity contribution is 6.30. The lowest BCUT2D eigenvalue weighted by atomic mass is 9.74. The summed E-state index contributed by atoms with van der Waals surface area (Å²) in [7, 11) is 0. The van der Waals surface area contributed by atoms with Gasteiger partial charge in [0.2, 0.25) is 5.91 Å². The first-order valence-electron chi connectivity index (χ1n) is 13.6. The quantitative estimate of drug-likeness (QED) is 0.453. The summed E-state index contributed by atoms with van der Waals surface area (Å²) >= 11 is 5.88. The first kappa shape index (κ1) is 28.1. The van der Waals surface area contributed by atoms with Crippen molar-refractivity contribution in [2.75, 3.05) is 24.5 Å². The van der Waals surface area contributed by atoms with E-state index in [0.717, 1.165) is 6.20 Å². The van der Waals surface area contributed by atoms with Crippen LogP contribution in [-0.4, -0.2) is 63.2 Å². The smallest absolute Gasteiger partial charge is 0.281 e. The number of likely N-dealkylation sites (tertiary alicyclic amines) is 1. The molecule has 3 aliphatic rings. The summed E-state index contributed by atoms with van der Waals surface area (Å²) in [6.07, 6.45) is 4.93. The van der Waals surface area contributed by atoms with Crippen LogP contribution in [0.25, 0.3) is 0 Å². The van der Waals surface area contributed by atoms with Gasteiger partial charge in [-0.15, -0.1) is 0 Å². The molecule has 1 N–H and O–H groups in total. The van der Waals surface area contributed by atoms with E-state index in [1.165, 1.54) is 36.8 Å². The largest absolute Gasteiger partial charge is 0.349 e. The molecule has 3 amide bonds. The first-order valence-corrected chi connectivity index (χ1v) is 14.0. The Kier molecular flexibility index (Phi) is 7.34. The number of benzene rings is 1. The number of carbonyl (C=O) groups is 3. The third-order valence-electron chi connectivity index (χ3n) is 8.37. The van der Waals surface area contributed by atoms with E-state index in [4.69, 9.17) is 11.6 Å². The van der Waals surface area contributed by atoms with E-state index in [-0.39, 0.29) is 53.1 Å². The van der Waals surface area contributed by atoms with E-state index < -0.39 is 29.3 Å². The molecule has 42 heavy (non-hydrogen) atoms. The lowest BCUT2D eigenvalue weighted by molar-refractivity contribution is -0.128. The maximum Gasteiger partial charge on any atom is 0.281 e. The predicted molar refractivity (Wildman–Crippen MR) is 146 cm³/mol. The van der Waals surface area contributed by atoms with Gasteiger partial charge in [-0.05, 0) is 55.4 Å². The highest BCUT2D eigenvalue weighted by atomic mass is 35.5. The molecule has 1 spiro atoms. The minimum atomic E-state index is -2.92. The maximum absolute atomic E-state index is 14.3. The zero-order valence-corrected chi connectivity index (χ0v) is 23.0. The van der Waals surface area contributed by atoms with Gasteiger partial charge in [0, 0.05) is 44.3 Å². The number of fused-ring (bicyclic) bond motifs is 2. The summed E-state index contributed by atoms with van der Waals surface area (Å²) in [4.78, 5) is 54.2. The fourth-order valence-electron chi connectivity index (χ4n) is 6.24. The van der Waals surface area contributed by atoms with Crippen LogP contribution >= 0.6 is 11.6 Å². The van der Waals surface area contributed by atoms with E-state index in [1.807, 2.05) is 0 Å². The second kappa shape index (κ2) is 11.0. The van der Waals surface area contributed by atoms with Gasteiger partial charge in [-0.2, -0.15) is 0 Å². The predicted octanol–water partition coefficient (Wildman–Crippen LogP) is 4.33. The van der Waals surface area contributed by atoms with Crippen LogP contribution < -0.4 is 10.2 Å². The van der Waals surface area contributed by atoms with Crippen LogP contribution in [0.15, 0.2) is 49.1 Å². The molecule has 0 radical (unpaired) electrons. The molecule has 2 fully saturated rings. The van der Waals surface area contributed by atoms with Crippen molar-refractivity contribution in [3.8, 4) is 0 Å². The molecule has 6 rings (SSSR count). The lowest BCUT2D eigenvalue weighted by Crippen LogP contribution is -2.65. The van der Waals surface area contributed by atoms with Crippen LogP contribution in [0.5, 0.6) is 0 Å². The number of amides is 3. The third kappa shape index (κ3) is 4.97. The fourth-order valence-corrected chi connectivity index (χ4v) is 6.40. The minimum Gasteiger partial charge on any atom is -0.349 e. The Morgan fingerprint density at radius 3 is 2.52 bits per heavy atom. The Bertz CT molecular complexity index is 1540. The van der Waals surface area contributed by atoms with Crippen molar-refractivity contribution in [1.82, 2.24) is 25.2 Å². The molecular formula is C29H26ClF3N6O3. The molecule has 2 aromatic heterocycles. The Balaban J connectivity index is 1.11. The molecule has 0 unspecified atom stereocenters. The number of alkyl halides is 2. The topological polar surface area (TPSA) is 108 Å². The average Bonchev–Trinajstić information content (AvgIpc) is 3.20. The van der Waals surface area contributed by atoms with Crippen molar-refractivity contribution in [2.24, 2.45) is 5.92 Å². The number of hydrogen-bond acceptors (Lipinski definition) is 6. The molecule has 1 aromatic carbocycles. The first-order chi connectivity index (χ1) is 20.2. The van der Waals surface area contributed by atoms with Gasteiger partial charge in [0.15, 0.2) is 0 Å². The molecule has 4 heterocycles. The highest BCUT2D eigenvalue weighted by Gasteiger charge is 2.59. The lowest BCUT2D eigenvalue weighted by Gasteiger charge is -2.46. The molecule has 13 heteroatoms. The maximum atomic E-state index is 14.3. The van der Waals surface area contributed by atoms with E-state index in [2.05, 4.69) is 20.3 Å². The molecule has 3 aromatic rings. The van der Waals surface area contributed by atoms with Gasteiger partial charge in [0.1, 0.15) is 22.6 Å². The third-order valence-corrected chi connectivity index (χ3v) is 8.58. The Labute approximate surface area is 244 Å². The number of aromatic nitrogens is 3. The summed E-state index contributed by atoms with van der Waals surface area (Å²) in [6, 6.07) is 5.26. The van der Waals surface area contributed by atoms with Gasteiger partial charge in [-0.1, -0.05) is 17.7 Å². The summed E-state index contributed by atoms with van der Waals surface area (Å²) < 4.78 is 41.1. The van der Waals surface area contributed by atoms with Crippen molar-refractivity contribution >= 4 is 35.0 Å². The number of nitrogens with zero attached hydrogens (tertiary/aromatic N) is 5. The number of halogens is 4. The Morgan fingerprint density at radius 1 is 1.07 bits per heavy atom. The Hall–Kier alpha value is -4.06. The zero-order valence-electron chi connectivity index (χ0n) is 22.3. The van der Waals surface area contributed by atoms with E-state index in [9.17, 15) is 27.6 Å². The van der Waals surface area contributed by atoms with Crippen LogP contribution in [0.2, 0.25) is 5.02 Å². The standard InChI is InChI=1S/C29H26ClF3N6O3/c30-17-9-20(24(25(32)33)36-11-17)26(40)37-19-4-1-16(2-5-19)13-39-23-10-18(31)3-6-21(23)29(28(39)42)14-38(15-29)27(41)22-12-34-7-8-35-22/h3,6-12,16,19,25H,1-2,4-5,13-15H2,(H,37,40)/t16-,19-. The van der Waals surface area contributed by atoms with Crippen LogP contribution in [0.4, 0.5) is 18.9 Å². The number of nitrogens with one attached hydrogen (secondary N) is 1. The summed E-state index contributed by atoms with van der Waals surface area (Å²) in [6.45, 7) is 0.686. The van der Waals surface area contributed by atoms with Crippen LogP contribution in [0.3, 0.4) is 0 Å². The molecule has 1 saturated heterocycles. The second-order valence-corrected chi connectivity index (χ2v) is 11.4. The summed E-state index contributed by atoms with van der Waals surface area (Å²) in [5.74, 6) is -1.53. The van der Waals surface area contributed by atoms with Gasteiger partial charge in [-0.3, -0.25) is 24.4 Å². The van der Waals surface area contributed by atoms with E-state index >= 15 is 0 Å². The van der Waals surface area contributed by atoms with E-state index in [0.29, 0.717) is 43.5 Å². The SMILES string of the molecule is O=C(N[C@H]1CC[C@H](CN2C(=O)C3(CN(C(=O)c4cnccn4)C3)c3ccc(F)cc32)CC1)c1cc(Cl)cnc1C(F)F. The molecule has 0 bridgehead atoms. The van der Waals surface area contributed by atoms with Gasteiger partial charge in [0.25, 0.3) is 18.2 Å². The fraction of sp³-hybridized carbons (Fsp3) is 0.379. The number of pyridine rings is 1. The average molecular weight is 599 g/mol. The normalized spacial score (nSPS) is 20.9. The highest BCUT2D eigenvalue weighted by Crippen LogP contribution is 2.48. The molecule has 1 aliphatic carbocycles. The molecule has 1 saturated carbocycles. The Morgan fingerprint density at radius 2 is 1.83 bits per heavy atom. The van der Waals surface area contributed by atoms with Crippen LogP contribution in [0, 0.1) is 11.7 Å². The minimum absolute atomic E-state index is 0.0789. The second-order valence-electron chi connectivity index (χ2n) is 11.0. The van der Waals surface area contributed by atoms with Crippen molar-refractivity contribution in [2.45, 2.75) is 43.6 Å². The number of hydrogen-bond donors (Lipinski definition) is 1. The number of carbonyl (C=O) groups excluding carboxylic acids is 3. The van der Waals surface area contributed by atoms with Crippen LogP contribution in [0.1, 0.15) is 64.2 Å². The molecule has 0 atom stereocenters. The monoisotopic (exact) mass is 598 g/mol. The number of rotatable bonds is 6. The molecule has 218 valence electrons. The summed E-state index contributed by atoms with van der Waals surface area (Å²) in [5.41, 5.74) is -0.420. The number of anilines is 1. The van der Waals surface area contributed by atoms with Crippen molar-refractivity contribution < 1.29 is 27.6 Å². The van der Waals surface area contributed by atoms with Crippen molar-refractivity contribution in [3.05, 3.63) is 82.4 Å². The van der Waals surface area contributed by atoms with Gasteiger partial charge < -0.3 is 15.1 Å². The van der Waals surface area contributed by atoms with Crippen molar-refractivity contribution in [3.63, 3.8) is 0 Å². The van der Waals surface area contributed by atoms with Crippen LogP contribution in [-0.2, 0) is 10.2 Å². The van der Waals surface area contributed by atoms with E-state index in [1.54, 1.807) is 15.9 Å². The van der Waals surface area contributed by atoms with Gasteiger partial charge in [-0.25, -0.2) is 18.2 Å². The zero-order chi connectivity index (χ0) is 29.6. The van der Waals surface area contributed by atoms with Crippen molar-refractivity contribution in [1.29, 1.82) is 0 Å². The molecule has 9 nitrogen and oxygen atoms in total. The molecular weight excluding hydrogens is 573 g/mol. The van der Waals surface area contributed by atoms with Gasteiger partial charge >= 0.3 is 0 Å². The molecule has 2 aliphatic heterocycles. The summed E-state index contributed by atoms with van der Waals surface area (Å²) in [5, 5.41) is 2.90.